The summed E-state index contributed by atoms with van der Waals surface area (Å²) in [7, 11) is -0.00957. The molecular formula is C17H18ClN3O7S. The van der Waals surface area contributed by atoms with Gasteiger partial charge in [0.15, 0.2) is 11.5 Å². The molecule has 0 spiro atoms. The maximum absolute atomic E-state index is 12.7. The summed E-state index contributed by atoms with van der Waals surface area (Å²) in [6.07, 6.45) is 0. The number of nitro groups is 1. The van der Waals surface area contributed by atoms with Crippen LogP contribution in [0.3, 0.4) is 0 Å². The Morgan fingerprint density at radius 1 is 1.17 bits per heavy atom. The van der Waals surface area contributed by atoms with Crippen LogP contribution >= 0.6 is 11.6 Å². The van der Waals surface area contributed by atoms with Crippen LogP contribution in [0.15, 0.2) is 41.3 Å². The standard InChI is InChI=1S/C17H18ClN3O7S/c1-20(29(25,26)12-5-7-15(27-2)16(9-12)28-3)10-17(22)19-14-8-11(21(23)24)4-6-13(14)18/h4-9H,10H2,1-3H3,(H,19,22). The molecule has 0 heterocycles. The number of nitrogens with one attached hydrogen (secondary N) is 1. The maximum Gasteiger partial charge on any atom is 0.271 e. The van der Waals surface area contributed by atoms with Crippen molar-refractivity contribution in [1.82, 2.24) is 4.31 Å². The van der Waals surface area contributed by atoms with Crippen molar-refractivity contribution in [2.24, 2.45) is 0 Å². The van der Waals surface area contributed by atoms with Crippen LogP contribution in [0.1, 0.15) is 0 Å². The number of ether oxygens (including phenoxy) is 2. The highest BCUT2D eigenvalue weighted by molar-refractivity contribution is 7.89. The molecule has 0 aliphatic carbocycles. The SMILES string of the molecule is COc1ccc(S(=O)(=O)N(C)CC(=O)Nc2cc([N+](=O)[O-])ccc2Cl)cc1OC. The van der Waals surface area contributed by atoms with Crippen molar-refractivity contribution < 1.29 is 27.6 Å². The number of halogens is 1. The zero-order chi connectivity index (χ0) is 21.8. The van der Waals surface area contributed by atoms with Gasteiger partial charge in [-0.25, -0.2) is 8.42 Å². The van der Waals surface area contributed by atoms with Crippen LogP contribution in [0.5, 0.6) is 11.5 Å². The van der Waals surface area contributed by atoms with E-state index in [9.17, 15) is 23.3 Å². The second kappa shape index (κ2) is 9.07. The number of hydrogen-bond acceptors (Lipinski definition) is 7. The number of benzene rings is 2. The number of anilines is 1. The number of carbonyl (C=O) groups excluding carboxylic acids is 1. The van der Waals surface area contributed by atoms with E-state index in [-0.39, 0.29) is 27.0 Å². The molecular weight excluding hydrogens is 426 g/mol. The van der Waals surface area contributed by atoms with E-state index in [2.05, 4.69) is 5.32 Å². The first-order chi connectivity index (χ1) is 13.6. The molecule has 2 rings (SSSR count). The van der Waals surface area contributed by atoms with Crippen LogP contribution in [-0.4, -0.2) is 51.4 Å². The maximum atomic E-state index is 12.7. The Hall–Kier alpha value is -2.89. The first kappa shape index (κ1) is 22.4. The normalized spacial score (nSPS) is 11.2. The summed E-state index contributed by atoms with van der Waals surface area (Å²) in [5, 5.41) is 13.3. The van der Waals surface area contributed by atoms with E-state index in [0.717, 1.165) is 10.4 Å². The lowest BCUT2D eigenvalue weighted by Gasteiger charge is -2.18. The number of carbonyl (C=O) groups is 1. The molecule has 0 aliphatic rings. The summed E-state index contributed by atoms with van der Waals surface area (Å²) in [6, 6.07) is 7.57. The molecule has 0 unspecified atom stereocenters. The van der Waals surface area contributed by atoms with Gasteiger partial charge in [0, 0.05) is 25.2 Å². The molecule has 0 aliphatic heterocycles. The van der Waals surface area contributed by atoms with Crippen molar-refractivity contribution in [3.63, 3.8) is 0 Å². The third-order valence-corrected chi connectivity index (χ3v) is 5.99. The summed E-state index contributed by atoms with van der Waals surface area (Å²) >= 11 is 5.93. The van der Waals surface area contributed by atoms with E-state index in [0.29, 0.717) is 5.75 Å². The van der Waals surface area contributed by atoms with E-state index < -0.39 is 27.4 Å². The highest BCUT2D eigenvalue weighted by Crippen LogP contribution is 2.30. The Morgan fingerprint density at radius 3 is 2.41 bits per heavy atom. The van der Waals surface area contributed by atoms with Crippen molar-refractivity contribution in [2.75, 3.05) is 33.1 Å². The minimum Gasteiger partial charge on any atom is -0.493 e. The molecule has 2 aromatic carbocycles. The Morgan fingerprint density at radius 2 is 1.83 bits per heavy atom. The van der Waals surface area contributed by atoms with E-state index >= 15 is 0 Å². The zero-order valence-electron chi connectivity index (χ0n) is 15.7. The first-order valence-corrected chi connectivity index (χ1v) is 9.84. The summed E-state index contributed by atoms with van der Waals surface area (Å²) in [4.78, 5) is 22.4. The van der Waals surface area contributed by atoms with Crippen molar-refractivity contribution >= 4 is 38.9 Å². The van der Waals surface area contributed by atoms with Crippen LogP contribution in [0.2, 0.25) is 5.02 Å². The molecule has 0 saturated heterocycles. The lowest BCUT2D eigenvalue weighted by Crippen LogP contribution is -2.35. The number of nitrogens with zero attached hydrogens (tertiary/aromatic N) is 2. The fourth-order valence-corrected chi connectivity index (χ4v) is 3.66. The summed E-state index contributed by atoms with van der Waals surface area (Å²) in [5.41, 5.74) is -0.265. The Bertz CT molecular complexity index is 1040. The second-order valence-electron chi connectivity index (χ2n) is 5.75. The molecule has 0 fully saturated rings. The third kappa shape index (κ3) is 5.13. The van der Waals surface area contributed by atoms with E-state index in [1.54, 1.807) is 0 Å². The molecule has 0 atom stereocenters. The molecule has 0 radical (unpaired) electrons. The number of nitro benzene ring substituents is 1. The minimum absolute atomic E-state index is 0.00258. The molecule has 1 N–H and O–H groups in total. The molecule has 29 heavy (non-hydrogen) atoms. The Labute approximate surface area is 172 Å². The van der Waals surface area contributed by atoms with Gasteiger partial charge in [-0.05, 0) is 18.2 Å². The highest BCUT2D eigenvalue weighted by atomic mass is 35.5. The number of rotatable bonds is 8. The number of amides is 1. The van der Waals surface area contributed by atoms with Gasteiger partial charge in [0.05, 0.1) is 41.3 Å². The topological polar surface area (TPSA) is 128 Å². The fourth-order valence-electron chi connectivity index (χ4n) is 2.36. The van der Waals surface area contributed by atoms with Crippen molar-refractivity contribution in [1.29, 1.82) is 0 Å². The third-order valence-electron chi connectivity index (χ3n) is 3.86. The van der Waals surface area contributed by atoms with Gasteiger partial charge in [-0.3, -0.25) is 14.9 Å². The molecule has 1 amide bonds. The zero-order valence-corrected chi connectivity index (χ0v) is 17.3. The van der Waals surface area contributed by atoms with Crippen molar-refractivity contribution in [3.8, 4) is 11.5 Å². The summed E-state index contributed by atoms with van der Waals surface area (Å²) in [6.45, 7) is -0.546. The fraction of sp³-hybridized carbons (Fsp3) is 0.235. The number of non-ortho nitro benzene ring substituents is 1. The van der Waals surface area contributed by atoms with Gasteiger partial charge in [-0.2, -0.15) is 4.31 Å². The van der Waals surface area contributed by atoms with Gasteiger partial charge < -0.3 is 14.8 Å². The Balaban J connectivity index is 2.19. The van der Waals surface area contributed by atoms with Crippen LogP contribution in [0.25, 0.3) is 0 Å². The number of hydrogen-bond donors (Lipinski definition) is 1. The molecule has 12 heteroatoms. The van der Waals surface area contributed by atoms with Crippen molar-refractivity contribution in [2.45, 2.75) is 4.90 Å². The number of sulfonamides is 1. The van der Waals surface area contributed by atoms with Gasteiger partial charge in [0.25, 0.3) is 5.69 Å². The second-order valence-corrected chi connectivity index (χ2v) is 8.20. The van der Waals surface area contributed by atoms with Crippen LogP contribution < -0.4 is 14.8 Å². The molecule has 0 aromatic heterocycles. The van der Waals surface area contributed by atoms with Gasteiger partial charge >= 0.3 is 0 Å². The minimum atomic E-state index is -4.02. The average molecular weight is 444 g/mol. The predicted molar refractivity (Wildman–Crippen MR) is 106 cm³/mol. The summed E-state index contributed by atoms with van der Waals surface area (Å²) < 4.78 is 36.5. The molecule has 10 nitrogen and oxygen atoms in total. The monoisotopic (exact) mass is 443 g/mol. The number of methoxy groups -OCH3 is 2. The molecule has 156 valence electrons. The van der Waals surface area contributed by atoms with Gasteiger partial charge in [-0.15, -0.1) is 0 Å². The molecule has 2 aromatic rings. The van der Waals surface area contributed by atoms with Gasteiger partial charge in [0.2, 0.25) is 15.9 Å². The quantitative estimate of drug-likeness (QED) is 0.490. The summed E-state index contributed by atoms with van der Waals surface area (Å²) in [5.74, 6) is -0.152. The lowest BCUT2D eigenvalue weighted by atomic mass is 10.3. The van der Waals surface area contributed by atoms with E-state index in [4.69, 9.17) is 21.1 Å². The van der Waals surface area contributed by atoms with Crippen molar-refractivity contribution in [3.05, 3.63) is 51.5 Å². The lowest BCUT2D eigenvalue weighted by molar-refractivity contribution is -0.384. The first-order valence-electron chi connectivity index (χ1n) is 8.02. The smallest absolute Gasteiger partial charge is 0.271 e. The largest absolute Gasteiger partial charge is 0.493 e. The predicted octanol–water partition coefficient (Wildman–Crippen LogP) is 2.52. The Kier molecular flexibility index (Phi) is 7.01. The van der Waals surface area contributed by atoms with Gasteiger partial charge in [0.1, 0.15) is 0 Å². The highest BCUT2D eigenvalue weighted by Gasteiger charge is 2.25. The van der Waals surface area contributed by atoms with Crippen LogP contribution in [0, 0.1) is 10.1 Å². The average Bonchev–Trinajstić information content (AvgIpc) is 2.68. The molecule has 0 saturated carbocycles. The number of likely N-dealkylation sites (N-methyl/N-ethyl adjacent to an activating group) is 1. The van der Waals surface area contributed by atoms with E-state index in [1.165, 1.54) is 51.6 Å². The van der Waals surface area contributed by atoms with Crippen LogP contribution in [0.4, 0.5) is 11.4 Å². The van der Waals surface area contributed by atoms with Gasteiger partial charge in [-0.1, -0.05) is 11.6 Å². The van der Waals surface area contributed by atoms with E-state index in [1.807, 2.05) is 0 Å². The molecule has 0 bridgehead atoms. The van der Waals surface area contributed by atoms with Crippen LogP contribution in [-0.2, 0) is 14.8 Å².